The molecule has 7 heteroatoms. The first-order valence-corrected chi connectivity index (χ1v) is 7.63. The lowest BCUT2D eigenvalue weighted by Gasteiger charge is -2.15. The van der Waals surface area contributed by atoms with Crippen molar-refractivity contribution < 1.29 is 18.3 Å². The fourth-order valence-electron chi connectivity index (χ4n) is 2.16. The summed E-state index contributed by atoms with van der Waals surface area (Å²) in [5, 5.41) is 0. The van der Waals surface area contributed by atoms with Crippen LogP contribution in [0.4, 0.5) is 8.78 Å². The molecule has 1 heterocycles. The normalized spacial score (nSPS) is 11.0. The van der Waals surface area contributed by atoms with Gasteiger partial charge in [-0.25, -0.2) is 8.78 Å². The summed E-state index contributed by atoms with van der Waals surface area (Å²) in [4.78, 5) is 12.2. The Morgan fingerprint density at radius 2 is 2.00 bits per heavy atom. The number of hydrogen-bond donors (Lipinski definition) is 0. The number of pyridine rings is 1. The van der Waals surface area contributed by atoms with E-state index in [-0.39, 0.29) is 6.79 Å². The largest absolute Gasteiger partial charge is 0.468 e. The Kier molecular flexibility index (Phi) is 5.90. The molecule has 2 aromatic rings. The molecule has 1 aromatic carbocycles. The van der Waals surface area contributed by atoms with Crippen LogP contribution in [0.15, 0.2) is 39.6 Å². The minimum Gasteiger partial charge on any atom is -0.468 e. The van der Waals surface area contributed by atoms with E-state index in [0.717, 1.165) is 4.57 Å². The smallest absolute Gasteiger partial charge is 0.256 e. The summed E-state index contributed by atoms with van der Waals surface area (Å²) in [5.74, 6) is 0.567. The van der Waals surface area contributed by atoms with Crippen LogP contribution in [0.3, 0.4) is 0 Å². The number of ether oxygens (including phenoxy) is 2. The van der Waals surface area contributed by atoms with Crippen molar-refractivity contribution in [1.82, 2.24) is 4.57 Å². The Balaban J connectivity index is 2.49. The van der Waals surface area contributed by atoms with Crippen LogP contribution in [0, 0.1) is 6.92 Å². The highest BCUT2D eigenvalue weighted by atomic mass is 79.9. The van der Waals surface area contributed by atoms with E-state index in [4.69, 9.17) is 9.47 Å². The molecular weight excluding hydrogens is 372 g/mol. The number of hydrogen-bond acceptors (Lipinski definition) is 3. The summed E-state index contributed by atoms with van der Waals surface area (Å²) in [6.07, 6.45) is -2.61. The molecule has 2 rings (SSSR count). The molecule has 0 amide bonds. The number of benzene rings is 1. The highest BCUT2D eigenvalue weighted by Crippen LogP contribution is 2.31. The van der Waals surface area contributed by atoms with Gasteiger partial charge in [0.15, 0.2) is 6.79 Å². The van der Waals surface area contributed by atoms with Crippen molar-refractivity contribution in [2.45, 2.75) is 19.9 Å². The Morgan fingerprint density at radius 1 is 1.26 bits per heavy atom. The van der Waals surface area contributed by atoms with E-state index in [0.29, 0.717) is 27.0 Å². The number of aryl methyl sites for hydroxylation is 1. The summed E-state index contributed by atoms with van der Waals surface area (Å²) < 4.78 is 37.5. The lowest BCUT2D eigenvalue weighted by atomic mass is 10.1. The SMILES string of the molecule is COCOc1ccc(-c2ccc(C)c(=O)n2CC(F)F)c(Br)c1. The van der Waals surface area contributed by atoms with Crippen molar-refractivity contribution in [2.75, 3.05) is 13.9 Å². The summed E-state index contributed by atoms with van der Waals surface area (Å²) in [6.45, 7) is 1.06. The number of halogens is 3. The van der Waals surface area contributed by atoms with Gasteiger partial charge in [-0.2, -0.15) is 0 Å². The first kappa shape index (κ1) is 17.6. The maximum absolute atomic E-state index is 12.8. The Morgan fingerprint density at radius 3 is 2.61 bits per heavy atom. The molecule has 0 spiro atoms. The van der Waals surface area contributed by atoms with Crippen molar-refractivity contribution in [2.24, 2.45) is 0 Å². The fourth-order valence-corrected chi connectivity index (χ4v) is 2.72. The molecule has 0 aliphatic heterocycles. The third-order valence-corrected chi connectivity index (χ3v) is 3.90. The van der Waals surface area contributed by atoms with Crippen LogP contribution >= 0.6 is 15.9 Å². The highest BCUT2D eigenvalue weighted by molar-refractivity contribution is 9.10. The molecule has 124 valence electrons. The molecule has 0 bridgehead atoms. The molecule has 0 saturated carbocycles. The first-order chi connectivity index (χ1) is 10.9. The van der Waals surface area contributed by atoms with E-state index < -0.39 is 18.5 Å². The Hall–Kier alpha value is -1.73. The molecule has 0 aliphatic rings. The summed E-state index contributed by atoms with van der Waals surface area (Å²) in [5.41, 5.74) is 1.05. The molecule has 0 saturated heterocycles. The molecule has 0 N–H and O–H groups in total. The van der Waals surface area contributed by atoms with E-state index in [1.54, 1.807) is 37.3 Å². The summed E-state index contributed by atoms with van der Waals surface area (Å²) in [7, 11) is 1.51. The zero-order valence-electron chi connectivity index (χ0n) is 12.7. The quantitative estimate of drug-likeness (QED) is 0.707. The first-order valence-electron chi connectivity index (χ1n) is 6.84. The zero-order valence-corrected chi connectivity index (χ0v) is 14.3. The second-order valence-electron chi connectivity index (χ2n) is 4.90. The second kappa shape index (κ2) is 7.70. The number of alkyl halides is 2. The molecule has 0 atom stereocenters. The van der Waals surface area contributed by atoms with Crippen molar-refractivity contribution in [1.29, 1.82) is 0 Å². The van der Waals surface area contributed by atoms with Gasteiger partial charge in [-0.3, -0.25) is 4.79 Å². The predicted octanol–water partition coefficient (Wildman–Crippen LogP) is 3.83. The van der Waals surface area contributed by atoms with Gasteiger partial charge in [0.25, 0.3) is 12.0 Å². The van der Waals surface area contributed by atoms with Crippen molar-refractivity contribution in [3.63, 3.8) is 0 Å². The van der Waals surface area contributed by atoms with Crippen molar-refractivity contribution in [3.8, 4) is 17.0 Å². The van der Waals surface area contributed by atoms with Gasteiger partial charge in [-0.15, -0.1) is 0 Å². The molecule has 0 fully saturated rings. The average molecular weight is 388 g/mol. The topological polar surface area (TPSA) is 40.5 Å². The van der Waals surface area contributed by atoms with Gasteiger partial charge >= 0.3 is 0 Å². The number of methoxy groups -OCH3 is 1. The van der Waals surface area contributed by atoms with E-state index in [1.165, 1.54) is 7.11 Å². The van der Waals surface area contributed by atoms with Gasteiger partial charge in [0.05, 0.1) is 12.2 Å². The van der Waals surface area contributed by atoms with Gasteiger partial charge in [0.1, 0.15) is 5.75 Å². The highest BCUT2D eigenvalue weighted by Gasteiger charge is 2.15. The molecule has 4 nitrogen and oxygen atoms in total. The van der Waals surface area contributed by atoms with Gasteiger partial charge in [0.2, 0.25) is 0 Å². The zero-order chi connectivity index (χ0) is 17.0. The Bertz CT molecular complexity index is 747. The average Bonchev–Trinajstić information content (AvgIpc) is 2.50. The van der Waals surface area contributed by atoms with Crippen LogP contribution in [0.5, 0.6) is 5.75 Å². The van der Waals surface area contributed by atoms with Crippen LogP contribution in [0.2, 0.25) is 0 Å². The van der Waals surface area contributed by atoms with E-state index in [9.17, 15) is 13.6 Å². The summed E-state index contributed by atoms with van der Waals surface area (Å²) in [6, 6.07) is 8.39. The molecular formula is C16H16BrF2NO3. The molecule has 0 aliphatic carbocycles. The van der Waals surface area contributed by atoms with Crippen LogP contribution in [-0.2, 0) is 11.3 Å². The van der Waals surface area contributed by atoms with E-state index in [2.05, 4.69) is 15.9 Å². The van der Waals surface area contributed by atoms with Gasteiger partial charge in [-0.1, -0.05) is 6.07 Å². The lowest BCUT2D eigenvalue weighted by Crippen LogP contribution is -2.26. The molecule has 0 unspecified atom stereocenters. The maximum atomic E-state index is 12.8. The minimum atomic E-state index is -2.61. The maximum Gasteiger partial charge on any atom is 0.256 e. The van der Waals surface area contributed by atoms with Crippen LogP contribution < -0.4 is 10.3 Å². The van der Waals surface area contributed by atoms with Gasteiger partial charge in [0, 0.05) is 22.7 Å². The van der Waals surface area contributed by atoms with E-state index in [1.807, 2.05) is 0 Å². The standard InChI is InChI=1S/C16H16BrF2NO3/c1-10-3-6-14(20(16(10)21)8-15(18)19)12-5-4-11(7-13(12)17)23-9-22-2/h3-7,15H,8-9H2,1-2H3. The second-order valence-corrected chi connectivity index (χ2v) is 5.76. The van der Waals surface area contributed by atoms with Gasteiger partial charge < -0.3 is 14.0 Å². The Labute approximate surface area is 140 Å². The van der Waals surface area contributed by atoms with Gasteiger partial charge in [-0.05, 0) is 47.1 Å². The minimum absolute atomic E-state index is 0.104. The van der Waals surface area contributed by atoms with Crippen molar-refractivity contribution in [3.05, 3.63) is 50.7 Å². The third kappa shape index (κ3) is 4.17. The molecule has 23 heavy (non-hydrogen) atoms. The molecule has 1 aromatic heterocycles. The predicted molar refractivity (Wildman–Crippen MR) is 87.1 cm³/mol. The summed E-state index contributed by atoms with van der Waals surface area (Å²) >= 11 is 3.40. The van der Waals surface area contributed by atoms with Crippen LogP contribution in [0.1, 0.15) is 5.56 Å². The fraction of sp³-hybridized carbons (Fsp3) is 0.312. The number of rotatable bonds is 6. The molecule has 0 radical (unpaired) electrons. The van der Waals surface area contributed by atoms with Crippen LogP contribution in [-0.4, -0.2) is 24.9 Å². The lowest BCUT2D eigenvalue weighted by molar-refractivity contribution is 0.0511. The van der Waals surface area contributed by atoms with E-state index >= 15 is 0 Å². The number of aromatic nitrogens is 1. The third-order valence-electron chi connectivity index (χ3n) is 3.25. The van der Waals surface area contributed by atoms with Crippen LogP contribution in [0.25, 0.3) is 11.3 Å². The monoisotopic (exact) mass is 387 g/mol. The van der Waals surface area contributed by atoms with Crippen molar-refractivity contribution >= 4 is 15.9 Å². The number of nitrogens with zero attached hydrogens (tertiary/aromatic N) is 1.